The number of carbonyl (C=O) groups excluding carboxylic acids is 3. The summed E-state index contributed by atoms with van der Waals surface area (Å²) in [6.07, 6.45) is 6.77. The number of nitrogens with zero attached hydrogens (tertiary/aromatic N) is 2. The highest BCUT2D eigenvalue weighted by molar-refractivity contribution is 5.97. The van der Waals surface area contributed by atoms with Gasteiger partial charge < -0.3 is 5.73 Å². The van der Waals surface area contributed by atoms with Crippen molar-refractivity contribution in [3.05, 3.63) is 23.9 Å². The first-order valence-electron chi connectivity index (χ1n) is 6.88. The van der Waals surface area contributed by atoms with Crippen LogP contribution in [0, 0.1) is 11.8 Å². The minimum atomic E-state index is -0.281. The first-order chi connectivity index (χ1) is 9.61. The van der Waals surface area contributed by atoms with Gasteiger partial charge in [-0.15, -0.1) is 0 Å². The standard InChI is InChI=1S/C14H17N3O3/c15-6-9-4-5-10-7-16(8-11(10)14(9)20)17-12(18)2-1-3-13(17)19/h4-5,7,9,11H,1-3,6,8,15H2. The molecule has 3 aliphatic rings. The Morgan fingerprint density at radius 2 is 1.90 bits per heavy atom. The number of hydrogen-bond donors (Lipinski definition) is 1. The predicted octanol–water partition coefficient (Wildman–Crippen LogP) is -0.0300. The molecule has 2 aliphatic heterocycles. The van der Waals surface area contributed by atoms with E-state index in [9.17, 15) is 14.4 Å². The zero-order chi connectivity index (χ0) is 14.3. The van der Waals surface area contributed by atoms with E-state index in [-0.39, 0.29) is 29.4 Å². The lowest BCUT2D eigenvalue weighted by Gasteiger charge is -2.33. The van der Waals surface area contributed by atoms with Gasteiger partial charge >= 0.3 is 0 Å². The number of allylic oxidation sites excluding steroid dienone is 1. The Hall–Kier alpha value is -1.95. The number of hydrogen-bond acceptors (Lipinski definition) is 5. The summed E-state index contributed by atoms with van der Waals surface area (Å²) < 4.78 is 0. The van der Waals surface area contributed by atoms with E-state index in [0.717, 1.165) is 5.57 Å². The summed E-state index contributed by atoms with van der Waals surface area (Å²) in [6, 6.07) is 0. The van der Waals surface area contributed by atoms with Crippen LogP contribution >= 0.6 is 0 Å². The average Bonchev–Trinajstić information content (AvgIpc) is 2.83. The highest BCUT2D eigenvalue weighted by Gasteiger charge is 2.40. The van der Waals surface area contributed by atoms with Gasteiger partial charge in [-0.2, -0.15) is 5.01 Å². The second-order valence-corrected chi connectivity index (χ2v) is 5.36. The molecule has 0 aromatic carbocycles. The van der Waals surface area contributed by atoms with Gasteiger partial charge in [0.1, 0.15) is 5.78 Å². The first-order valence-corrected chi connectivity index (χ1v) is 6.88. The van der Waals surface area contributed by atoms with Crippen LogP contribution in [0.25, 0.3) is 0 Å². The van der Waals surface area contributed by atoms with E-state index >= 15 is 0 Å². The summed E-state index contributed by atoms with van der Waals surface area (Å²) in [5.74, 6) is -0.853. The number of piperidine rings is 1. The molecule has 6 nitrogen and oxygen atoms in total. The van der Waals surface area contributed by atoms with Crippen molar-refractivity contribution in [2.45, 2.75) is 19.3 Å². The van der Waals surface area contributed by atoms with Gasteiger partial charge in [0.15, 0.2) is 0 Å². The van der Waals surface area contributed by atoms with Crippen molar-refractivity contribution in [2.75, 3.05) is 13.1 Å². The fourth-order valence-electron chi connectivity index (χ4n) is 2.96. The van der Waals surface area contributed by atoms with E-state index in [0.29, 0.717) is 32.4 Å². The molecule has 20 heavy (non-hydrogen) atoms. The van der Waals surface area contributed by atoms with Crippen LogP contribution < -0.4 is 5.73 Å². The van der Waals surface area contributed by atoms with Crippen LogP contribution in [0.15, 0.2) is 23.9 Å². The maximum atomic E-state index is 12.2. The molecule has 3 rings (SSSR count). The van der Waals surface area contributed by atoms with E-state index in [1.165, 1.54) is 5.01 Å². The zero-order valence-corrected chi connectivity index (χ0v) is 11.1. The number of ketones is 1. The molecule has 2 amide bonds. The van der Waals surface area contributed by atoms with Gasteiger partial charge in [0.05, 0.1) is 12.5 Å². The third-order valence-corrected chi connectivity index (χ3v) is 4.06. The molecule has 0 spiro atoms. The van der Waals surface area contributed by atoms with Gasteiger partial charge in [0.25, 0.3) is 0 Å². The number of Topliss-reactive ketones (excluding diaryl/α,β-unsaturated/α-hetero) is 1. The van der Waals surface area contributed by atoms with Crippen molar-refractivity contribution in [1.29, 1.82) is 0 Å². The largest absolute Gasteiger partial charge is 0.329 e. The Morgan fingerprint density at radius 1 is 1.20 bits per heavy atom. The highest BCUT2D eigenvalue weighted by atomic mass is 16.2. The van der Waals surface area contributed by atoms with Gasteiger partial charge in [-0.1, -0.05) is 12.2 Å². The summed E-state index contributed by atoms with van der Waals surface area (Å²) >= 11 is 0. The number of carbonyl (C=O) groups is 3. The second-order valence-electron chi connectivity index (χ2n) is 5.36. The minimum Gasteiger partial charge on any atom is -0.329 e. The van der Waals surface area contributed by atoms with Crippen LogP contribution in [0.3, 0.4) is 0 Å². The van der Waals surface area contributed by atoms with Crippen molar-refractivity contribution >= 4 is 17.6 Å². The Bertz CT molecular complexity index is 522. The maximum Gasteiger partial charge on any atom is 0.248 e. The van der Waals surface area contributed by atoms with Gasteiger partial charge in [-0.3, -0.25) is 19.4 Å². The molecule has 0 saturated carbocycles. The lowest BCUT2D eigenvalue weighted by atomic mass is 9.83. The third kappa shape index (κ3) is 1.96. The topological polar surface area (TPSA) is 83.7 Å². The lowest BCUT2D eigenvalue weighted by Crippen LogP contribution is -2.50. The van der Waals surface area contributed by atoms with E-state index in [1.54, 1.807) is 17.3 Å². The summed E-state index contributed by atoms with van der Waals surface area (Å²) in [7, 11) is 0. The smallest absolute Gasteiger partial charge is 0.248 e. The Morgan fingerprint density at radius 3 is 2.55 bits per heavy atom. The van der Waals surface area contributed by atoms with E-state index in [1.807, 2.05) is 6.08 Å². The monoisotopic (exact) mass is 275 g/mol. The van der Waals surface area contributed by atoms with Gasteiger partial charge in [0.2, 0.25) is 11.8 Å². The normalized spacial score (nSPS) is 29.9. The number of fused-ring (bicyclic) bond motifs is 1. The Labute approximate surface area is 116 Å². The quantitative estimate of drug-likeness (QED) is 0.715. The highest BCUT2D eigenvalue weighted by Crippen LogP contribution is 2.32. The molecule has 0 aromatic heterocycles. The van der Waals surface area contributed by atoms with Crippen LogP contribution in [-0.4, -0.2) is 40.7 Å². The molecule has 0 radical (unpaired) electrons. The van der Waals surface area contributed by atoms with Gasteiger partial charge in [-0.05, 0) is 12.0 Å². The third-order valence-electron chi connectivity index (χ3n) is 4.06. The number of rotatable bonds is 2. The van der Waals surface area contributed by atoms with Crippen LogP contribution in [0.4, 0.5) is 0 Å². The molecular weight excluding hydrogens is 258 g/mol. The zero-order valence-electron chi connectivity index (χ0n) is 11.1. The van der Waals surface area contributed by atoms with Crippen molar-refractivity contribution < 1.29 is 14.4 Å². The van der Waals surface area contributed by atoms with Crippen LogP contribution in [0.5, 0.6) is 0 Å². The van der Waals surface area contributed by atoms with Crippen LogP contribution in [-0.2, 0) is 14.4 Å². The minimum absolute atomic E-state index is 0.0701. The summed E-state index contributed by atoms with van der Waals surface area (Å²) in [5.41, 5.74) is 6.43. The Balaban J connectivity index is 1.82. The molecule has 2 heterocycles. The van der Waals surface area contributed by atoms with Crippen molar-refractivity contribution in [1.82, 2.24) is 10.0 Å². The Kier molecular flexibility index (Phi) is 3.17. The molecule has 6 heteroatoms. The number of imide groups is 1. The average molecular weight is 275 g/mol. The number of hydrazine groups is 1. The van der Waals surface area contributed by atoms with Crippen LogP contribution in [0.2, 0.25) is 0 Å². The van der Waals surface area contributed by atoms with Gasteiger partial charge in [-0.25, -0.2) is 0 Å². The summed E-state index contributed by atoms with van der Waals surface area (Å²) in [4.78, 5) is 36.1. The van der Waals surface area contributed by atoms with Crippen molar-refractivity contribution in [2.24, 2.45) is 17.6 Å². The van der Waals surface area contributed by atoms with E-state index in [2.05, 4.69) is 0 Å². The number of amides is 2. The first kappa shape index (κ1) is 13.1. The number of nitrogens with two attached hydrogens (primary N) is 1. The van der Waals surface area contributed by atoms with Gasteiger partial charge in [0, 0.05) is 31.5 Å². The van der Waals surface area contributed by atoms with E-state index in [4.69, 9.17) is 5.73 Å². The van der Waals surface area contributed by atoms with Crippen molar-refractivity contribution in [3.8, 4) is 0 Å². The fourth-order valence-corrected chi connectivity index (χ4v) is 2.96. The second kappa shape index (κ2) is 4.86. The predicted molar refractivity (Wildman–Crippen MR) is 70.7 cm³/mol. The molecule has 2 atom stereocenters. The van der Waals surface area contributed by atoms with Crippen molar-refractivity contribution in [3.63, 3.8) is 0 Å². The van der Waals surface area contributed by atoms with Crippen LogP contribution in [0.1, 0.15) is 19.3 Å². The molecule has 1 aliphatic carbocycles. The molecule has 0 aromatic rings. The fraction of sp³-hybridized carbons (Fsp3) is 0.500. The molecule has 0 bridgehead atoms. The summed E-state index contributed by atoms with van der Waals surface area (Å²) in [6.45, 7) is 0.646. The molecule has 2 N–H and O–H groups in total. The summed E-state index contributed by atoms with van der Waals surface area (Å²) in [5, 5.41) is 2.78. The molecule has 1 fully saturated rings. The molecule has 1 saturated heterocycles. The molecular formula is C14H17N3O3. The maximum absolute atomic E-state index is 12.2. The molecule has 2 unspecified atom stereocenters. The lowest BCUT2D eigenvalue weighted by molar-refractivity contribution is -0.163. The SMILES string of the molecule is NCC1C=CC2=CN(N3C(=O)CCCC3=O)CC2C1=O. The molecule has 106 valence electrons. The van der Waals surface area contributed by atoms with E-state index < -0.39 is 0 Å².